The molecule has 109 heavy (non-hydrogen) atoms. The Morgan fingerprint density at radius 1 is 0.642 bits per heavy atom. The number of nitrogens with zero attached hydrogens (tertiary/aromatic N) is 4. The number of rotatable bonds is 19. The fourth-order valence-electron chi connectivity index (χ4n) is 14.3. The molecule has 16 atom stereocenters. The number of allylic oxidation sites excluding steroid dienone is 6. The number of halogens is 2. The summed E-state index contributed by atoms with van der Waals surface area (Å²) in [4.78, 5) is 114. The number of hydrogen-bond acceptors (Lipinski definition) is 22. The number of fused-ring (bicyclic) bond motifs is 10. The van der Waals surface area contributed by atoms with E-state index in [1.54, 1.807) is 135 Å². The number of hydrogen-bond donors (Lipinski definition) is 4. The van der Waals surface area contributed by atoms with Crippen LogP contribution < -0.4 is 29.9 Å². The minimum Gasteiger partial charge on any atom is -0.495 e. The number of thioether (sulfide) groups is 2. The van der Waals surface area contributed by atoms with Gasteiger partial charge in [-0.25, -0.2) is 19.2 Å². The molecule has 0 saturated carbocycles. The molecule has 30 heteroatoms. The fraction of sp³-hybridized carbons (Fsp3) is 0.646. The Hall–Kier alpha value is -6.60. The molecule has 8 rings (SSSR count). The van der Waals surface area contributed by atoms with Crippen LogP contribution in [0.1, 0.15) is 153 Å². The third-order valence-corrected chi connectivity index (χ3v) is 24.5. The van der Waals surface area contributed by atoms with E-state index >= 15 is 0 Å². The van der Waals surface area contributed by atoms with Gasteiger partial charge in [0, 0.05) is 90.4 Å². The molecule has 2 aromatic rings. The van der Waals surface area contributed by atoms with Crippen molar-refractivity contribution in [3.05, 3.63) is 93.0 Å². The molecule has 6 amide bonds. The van der Waals surface area contributed by atoms with E-state index in [2.05, 4.69) is 38.3 Å². The van der Waals surface area contributed by atoms with Crippen molar-refractivity contribution < 1.29 is 95.9 Å². The van der Waals surface area contributed by atoms with E-state index in [1.807, 2.05) is 46.8 Å². The summed E-state index contributed by atoms with van der Waals surface area (Å²) in [6, 6.07) is 5.27. The lowest BCUT2D eigenvalue weighted by molar-refractivity contribution is -0.162. The van der Waals surface area contributed by atoms with Gasteiger partial charge in [0.1, 0.15) is 81.5 Å². The fourth-order valence-corrected chi connectivity index (χ4v) is 17.2. The van der Waals surface area contributed by atoms with Crippen LogP contribution in [-0.4, -0.2) is 229 Å². The Kier molecular flexibility index (Phi) is 30.7. The maximum Gasteiger partial charge on any atom is 0.409 e. The monoisotopic (exact) mass is 1600 g/mol. The van der Waals surface area contributed by atoms with Crippen molar-refractivity contribution in [2.45, 2.75) is 254 Å². The maximum absolute atomic E-state index is 14.2. The van der Waals surface area contributed by atoms with Crippen LogP contribution >= 0.6 is 46.7 Å². The van der Waals surface area contributed by atoms with Crippen LogP contribution in [0, 0.1) is 11.8 Å². The number of alkyl carbamates (subject to hydrolysis) is 2. The van der Waals surface area contributed by atoms with Crippen molar-refractivity contribution >= 4 is 106 Å². The molecule has 4 fully saturated rings. The Balaban J connectivity index is 0.000000304. The molecule has 0 aromatic heterocycles. The second kappa shape index (κ2) is 37.4. The second-order valence-electron chi connectivity index (χ2n) is 30.9. The van der Waals surface area contributed by atoms with Crippen molar-refractivity contribution in [3.63, 3.8) is 0 Å². The summed E-state index contributed by atoms with van der Waals surface area (Å²) in [7, 11) is 12.1. The lowest BCUT2D eigenvalue weighted by Crippen LogP contribution is -2.63. The van der Waals surface area contributed by atoms with Gasteiger partial charge in [-0.05, 0) is 107 Å². The Labute approximate surface area is 660 Å². The molecular formula is C79H114Cl2N6O20S2. The second-order valence-corrected chi connectivity index (χ2v) is 35.6. The summed E-state index contributed by atoms with van der Waals surface area (Å²) in [5.74, 6) is -2.37. The molecule has 6 aliphatic rings. The highest BCUT2D eigenvalue weighted by Gasteiger charge is 2.66. The number of epoxide rings is 2. The lowest BCUT2D eigenvalue weighted by Gasteiger charge is -2.42. The molecule has 6 aliphatic heterocycles. The average molecular weight is 1600 g/mol. The number of ether oxygens (including phenoxy) is 10. The average Bonchev–Trinajstić information content (AvgIpc) is 1.58. The molecule has 8 bridgehead atoms. The van der Waals surface area contributed by atoms with Crippen molar-refractivity contribution in [2.24, 2.45) is 11.8 Å². The SMILES string of the molecule is COc1cc2cc(c1Cl)N(C)C(=O)C[C@H](OC(=O)[C@H](C)N(C)C(=O)CCC(C)(C)SC(C)C)[C@]1(C)O[C@H]1[C@H](C)[C@@H]1C[C@@](O)(NC(=O)O1)[C@H](OC)/C=C/C=C(\C)C2.COc1cc2cc(c1Cl)N(C)C(=O)C[C@H](OC(=O)[C@H](C)N(C)C(=O)CCSC(C)C)[C@]1(C)O[C@H]1[C@H](C)[C@@H]1C[C@@](O)(NC(=O)O1)[C@H](OC)/C=C/C=C(\C)C2. The number of benzene rings is 2. The molecule has 4 saturated heterocycles. The van der Waals surface area contributed by atoms with E-state index in [0.29, 0.717) is 58.4 Å². The molecule has 0 spiro atoms. The first-order chi connectivity index (χ1) is 50.9. The maximum atomic E-state index is 14.2. The molecule has 0 unspecified atom stereocenters. The molecule has 0 radical (unpaired) electrons. The van der Waals surface area contributed by atoms with E-state index in [0.717, 1.165) is 22.3 Å². The molecule has 2 aromatic carbocycles. The van der Waals surface area contributed by atoms with Gasteiger partial charge in [-0.1, -0.05) is 126 Å². The Morgan fingerprint density at radius 3 is 1.39 bits per heavy atom. The van der Waals surface area contributed by atoms with Crippen LogP contribution in [0.25, 0.3) is 0 Å². The van der Waals surface area contributed by atoms with Gasteiger partial charge >= 0.3 is 24.1 Å². The Morgan fingerprint density at radius 2 is 1.03 bits per heavy atom. The van der Waals surface area contributed by atoms with Gasteiger partial charge in [-0.15, -0.1) is 0 Å². The largest absolute Gasteiger partial charge is 0.495 e. The summed E-state index contributed by atoms with van der Waals surface area (Å²) in [5.41, 5.74) is -1.78. The third-order valence-electron chi connectivity index (χ3n) is 21.3. The summed E-state index contributed by atoms with van der Waals surface area (Å²) in [6.07, 6.45) is 3.11. The van der Waals surface area contributed by atoms with Crippen LogP contribution in [0.5, 0.6) is 11.5 Å². The first-order valence-electron chi connectivity index (χ1n) is 36.9. The quantitative estimate of drug-likeness (QED) is 0.0577. The summed E-state index contributed by atoms with van der Waals surface area (Å²) < 4.78 is 58.5. The predicted molar refractivity (Wildman–Crippen MR) is 420 cm³/mol. The van der Waals surface area contributed by atoms with E-state index in [9.17, 15) is 48.6 Å². The summed E-state index contributed by atoms with van der Waals surface area (Å²) >= 11 is 17.0. The van der Waals surface area contributed by atoms with Crippen molar-refractivity contribution in [1.29, 1.82) is 0 Å². The van der Waals surface area contributed by atoms with Crippen molar-refractivity contribution in [3.8, 4) is 11.5 Å². The van der Waals surface area contributed by atoms with Gasteiger partial charge in [-0.2, -0.15) is 23.5 Å². The Bertz CT molecular complexity index is 3780. The van der Waals surface area contributed by atoms with Crippen LogP contribution in [0.4, 0.5) is 21.0 Å². The number of anilines is 2. The van der Waals surface area contributed by atoms with Gasteiger partial charge in [-0.3, -0.25) is 29.8 Å². The molecule has 606 valence electrons. The van der Waals surface area contributed by atoms with Crippen molar-refractivity contribution in [2.75, 3.05) is 72.2 Å². The molecule has 6 heterocycles. The number of amides is 6. The first kappa shape index (κ1) is 89.6. The molecule has 4 N–H and O–H groups in total. The van der Waals surface area contributed by atoms with Crippen LogP contribution in [0.2, 0.25) is 10.0 Å². The van der Waals surface area contributed by atoms with Gasteiger partial charge < -0.3 is 77.2 Å². The highest BCUT2D eigenvalue weighted by molar-refractivity contribution is 8.01. The minimum absolute atomic E-state index is 0.0450. The minimum atomic E-state index is -1.83. The number of carbonyl (C=O) groups is 8. The number of nitrogens with one attached hydrogen (secondary N) is 2. The summed E-state index contributed by atoms with van der Waals surface area (Å²) in [5, 5.41) is 29.8. The number of esters is 2. The van der Waals surface area contributed by atoms with Crippen LogP contribution in [0.15, 0.2) is 71.9 Å². The smallest absolute Gasteiger partial charge is 0.409 e. The van der Waals surface area contributed by atoms with E-state index in [-0.39, 0.29) is 65.1 Å². The number of carbonyl (C=O) groups excluding carboxylic acids is 8. The first-order valence-corrected chi connectivity index (χ1v) is 39.6. The highest BCUT2D eigenvalue weighted by Crippen LogP contribution is 2.52. The number of likely N-dealkylation sites (N-methyl/N-ethyl adjacent to an activating group) is 2. The topological polar surface area (TPSA) is 313 Å². The molecular weight excluding hydrogens is 1490 g/mol. The molecule has 0 aliphatic carbocycles. The number of methoxy groups -OCH3 is 4. The van der Waals surface area contributed by atoms with Crippen LogP contribution in [-0.2, 0) is 79.5 Å². The van der Waals surface area contributed by atoms with Crippen molar-refractivity contribution in [1.82, 2.24) is 20.4 Å². The van der Waals surface area contributed by atoms with Gasteiger partial charge in [0.25, 0.3) is 0 Å². The zero-order valence-corrected chi connectivity index (χ0v) is 70.2. The van der Waals surface area contributed by atoms with Gasteiger partial charge in [0.2, 0.25) is 23.6 Å². The molecule has 26 nitrogen and oxygen atoms in total. The standard InChI is InChI=1S/C41H60ClN3O10S.C38H54ClN3O10S/c1-23(2)56-39(6,7)17-16-33(46)44(9)26(5)37(48)54-32-21-34(47)45(10)28-19-27(20-29(51-11)35(28)42)18-24(3)14-13-15-31(52-12)41(50)22-30(53-38(49)43-41)25(4)36-40(32,8)55-36;1-21(2)53-15-14-31(43)41(7)24(5)35(45)51-30-19-32(44)42(8)26-17-25(18-27(48-9)33(26)39)16-22(3)12-11-13-29(49-10)38(47)20-28(50-36(46)40-38)23(4)34-37(30,6)52-34/h13-15,19-20,23,25-26,30-32,36,50H,16-18,21-22H2,1-12H3,(H,43,49);11-13,17-18,21,23-24,28-30,34,47H,14-16,19-20H2,1-10H3,(H,40,46)/b15-13+,24-14+;13-11+,22-12+/t25-,26+,30+,31-,32+,36+,40+,41+;23-,24+,28+,29-,30+,34+,37+,38+/m11/s1. The van der Waals surface area contributed by atoms with Gasteiger partial charge in [0.15, 0.2) is 11.4 Å². The lowest BCUT2D eigenvalue weighted by atomic mass is 9.83. The zero-order chi connectivity index (χ0) is 81.3. The normalized spacial score (nSPS) is 30.9. The van der Waals surface area contributed by atoms with Crippen LogP contribution in [0.3, 0.4) is 0 Å². The van der Waals surface area contributed by atoms with E-state index in [1.165, 1.54) is 48.0 Å². The summed E-state index contributed by atoms with van der Waals surface area (Å²) in [6.45, 7) is 26.6. The third kappa shape index (κ3) is 22.2. The number of aliphatic hydroxyl groups is 2. The zero-order valence-electron chi connectivity index (χ0n) is 67.0. The highest BCUT2D eigenvalue weighted by atomic mass is 35.5. The predicted octanol–water partition coefficient (Wildman–Crippen LogP) is 11.3. The van der Waals surface area contributed by atoms with E-state index < -0.39 is 131 Å². The van der Waals surface area contributed by atoms with Gasteiger partial charge in [0.05, 0.1) is 50.6 Å². The van der Waals surface area contributed by atoms with E-state index in [4.69, 9.17) is 70.6 Å².